The number of carbonyl (C=O) groups excluding carboxylic acids is 1. The van der Waals surface area contributed by atoms with Gasteiger partial charge in [-0.3, -0.25) is 4.79 Å². The maximum Gasteiger partial charge on any atom is 0.317 e. The third-order valence-corrected chi connectivity index (χ3v) is 3.43. The van der Waals surface area contributed by atoms with Crippen molar-refractivity contribution in [2.24, 2.45) is 5.92 Å². The number of aliphatic carboxylic acids is 1. The second-order valence-corrected chi connectivity index (χ2v) is 5.09. The highest BCUT2D eigenvalue weighted by Gasteiger charge is 2.27. The Kier molecular flexibility index (Phi) is 5.43. The quantitative estimate of drug-likeness (QED) is 0.780. The molecule has 0 radical (unpaired) electrons. The van der Waals surface area contributed by atoms with Crippen LogP contribution in [0.5, 0.6) is 5.75 Å². The van der Waals surface area contributed by atoms with E-state index in [-0.39, 0.29) is 18.4 Å². The summed E-state index contributed by atoms with van der Waals surface area (Å²) in [4.78, 5) is 24.2. The predicted octanol–water partition coefficient (Wildman–Crippen LogP) is 1.57. The first-order valence-corrected chi connectivity index (χ1v) is 7.07. The van der Waals surface area contributed by atoms with Crippen LogP contribution in [0.3, 0.4) is 0 Å². The second kappa shape index (κ2) is 7.52. The summed E-state index contributed by atoms with van der Waals surface area (Å²) < 4.78 is 5.48. The SMILES string of the molecule is O=C(O)CC1CCN(C(=O)NCCOc2ccccc2)C1. The summed E-state index contributed by atoms with van der Waals surface area (Å²) in [7, 11) is 0. The number of carboxylic acids is 1. The van der Waals surface area contributed by atoms with Gasteiger partial charge in [0.1, 0.15) is 12.4 Å². The van der Waals surface area contributed by atoms with Gasteiger partial charge < -0.3 is 20.1 Å². The van der Waals surface area contributed by atoms with E-state index < -0.39 is 5.97 Å². The minimum absolute atomic E-state index is 0.0637. The molecule has 21 heavy (non-hydrogen) atoms. The largest absolute Gasteiger partial charge is 0.492 e. The number of carbonyl (C=O) groups is 2. The zero-order valence-corrected chi connectivity index (χ0v) is 11.8. The smallest absolute Gasteiger partial charge is 0.317 e. The van der Waals surface area contributed by atoms with Crippen LogP contribution in [-0.2, 0) is 4.79 Å². The maximum absolute atomic E-state index is 11.9. The molecule has 6 heteroatoms. The lowest BCUT2D eigenvalue weighted by Gasteiger charge is -2.17. The average Bonchev–Trinajstić information content (AvgIpc) is 2.92. The van der Waals surface area contributed by atoms with Crippen molar-refractivity contribution in [1.29, 1.82) is 0 Å². The molecule has 1 atom stereocenters. The van der Waals surface area contributed by atoms with Gasteiger partial charge >= 0.3 is 12.0 Å². The molecular weight excluding hydrogens is 272 g/mol. The number of hydrogen-bond acceptors (Lipinski definition) is 3. The molecule has 1 aliphatic heterocycles. The van der Waals surface area contributed by atoms with Crippen molar-refractivity contribution in [3.63, 3.8) is 0 Å². The summed E-state index contributed by atoms with van der Waals surface area (Å²) in [5.41, 5.74) is 0. The molecule has 1 fully saturated rings. The van der Waals surface area contributed by atoms with Crippen molar-refractivity contribution >= 4 is 12.0 Å². The minimum atomic E-state index is -0.807. The van der Waals surface area contributed by atoms with Crippen molar-refractivity contribution in [3.05, 3.63) is 30.3 Å². The summed E-state index contributed by atoms with van der Waals surface area (Å²) in [5, 5.41) is 11.5. The molecule has 2 N–H and O–H groups in total. The Balaban J connectivity index is 1.63. The number of urea groups is 1. The number of ether oxygens (including phenoxy) is 1. The summed E-state index contributed by atoms with van der Waals surface area (Å²) in [6.07, 6.45) is 0.876. The van der Waals surface area contributed by atoms with Gasteiger partial charge in [0.15, 0.2) is 0 Å². The van der Waals surface area contributed by atoms with Crippen molar-refractivity contribution in [3.8, 4) is 5.75 Å². The van der Waals surface area contributed by atoms with Crippen molar-refractivity contribution in [2.75, 3.05) is 26.2 Å². The van der Waals surface area contributed by atoms with Gasteiger partial charge in [-0.25, -0.2) is 4.79 Å². The first-order valence-electron chi connectivity index (χ1n) is 7.07. The average molecular weight is 292 g/mol. The van der Waals surface area contributed by atoms with Gasteiger partial charge in [0.2, 0.25) is 0 Å². The molecule has 6 nitrogen and oxygen atoms in total. The number of para-hydroxylation sites is 1. The van der Waals surface area contributed by atoms with E-state index >= 15 is 0 Å². The molecule has 0 aliphatic carbocycles. The molecule has 0 bridgehead atoms. The number of hydrogen-bond donors (Lipinski definition) is 2. The van der Waals surface area contributed by atoms with Crippen LogP contribution in [0, 0.1) is 5.92 Å². The summed E-state index contributed by atoms with van der Waals surface area (Å²) in [6.45, 7) is 1.96. The lowest BCUT2D eigenvalue weighted by atomic mass is 10.1. The Morgan fingerprint density at radius 3 is 2.81 bits per heavy atom. The van der Waals surface area contributed by atoms with E-state index in [4.69, 9.17) is 9.84 Å². The van der Waals surface area contributed by atoms with Crippen LogP contribution in [-0.4, -0.2) is 48.2 Å². The number of amides is 2. The van der Waals surface area contributed by atoms with E-state index in [0.29, 0.717) is 26.2 Å². The van der Waals surface area contributed by atoms with Gasteiger partial charge in [0.25, 0.3) is 0 Å². The number of carboxylic acid groups (broad SMARTS) is 1. The standard InChI is InChI=1S/C15H20N2O4/c18-14(19)10-12-6-8-17(11-12)15(20)16-7-9-21-13-4-2-1-3-5-13/h1-5,12H,6-11H2,(H,16,20)(H,18,19). The number of benzene rings is 1. The Bertz CT molecular complexity index is 478. The summed E-state index contributed by atoms with van der Waals surface area (Å²) >= 11 is 0. The molecule has 1 aliphatic rings. The summed E-state index contributed by atoms with van der Waals surface area (Å²) in [6, 6.07) is 9.26. The van der Waals surface area contributed by atoms with Gasteiger partial charge in [-0.1, -0.05) is 18.2 Å². The molecule has 1 aromatic rings. The van der Waals surface area contributed by atoms with Gasteiger partial charge in [0, 0.05) is 19.5 Å². The topological polar surface area (TPSA) is 78.9 Å². The first kappa shape index (κ1) is 15.2. The van der Waals surface area contributed by atoms with Crippen LogP contribution < -0.4 is 10.1 Å². The zero-order chi connectivity index (χ0) is 15.1. The summed E-state index contributed by atoms with van der Waals surface area (Å²) in [5.74, 6) is 0.0294. The third kappa shape index (κ3) is 4.98. The van der Waals surface area contributed by atoms with Crippen LogP contribution in [0.2, 0.25) is 0 Å². The molecule has 2 amide bonds. The van der Waals surface area contributed by atoms with Crippen molar-refractivity contribution in [1.82, 2.24) is 10.2 Å². The molecule has 1 unspecified atom stereocenters. The first-order chi connectivity index (χ1) is 10.1. The number of rotatable bonds is 6. The highest BCUT2D eigenvalue weighted by molar-refractivity contribution is 5.74. The molecule has 2 rings (SSSR count). The fourth-order valence-electron chi connectivity index (χ4n) is 2.39. The second-order valence-electron chi connectivity index (χ2n) is 5.09. The predicted molar refractivity (Wildman–Crippen MR) is 77.3 cm³/mol. The van der Waals surface area contributed by atoms with Crippen molar-refractivity contribution < 1.29 is 19.4 Å². The van der Waals surface area contributed by atoms with Crippen LogP contribution in [0.15, 0.2) is 30.3 Å². The van der Waals surface area contributed by atoms with E-state index in [1.807, 2.05) is 30.3 Å². The lowest BCUT2D eigenvalue weighted by molar-refractivity contribution is -0.138. The van der Waals surface area contributed by atoms with Gasteiger partial charge in [-0.15, -0.1) is 0 Å². The Hall–Kier alpha value is -2.24. The highest BCUT2D eigenvalue weighted by Crippen LogP contribution is 2.19. The van der Waals surface area contributed by atoms with E-state index in [1.54, 1.807) is 4.90 Å². The lowest BCUT2D eigenvalue weighted by Crippen LogP contribution is -2.40. The Morgan fingerprint density at radius 2 is 2.10 bits per heavy atom. The molecule has 0 saturated carbocycles. The molecular formula is C15H20N2O4. The number of likely N-dealkylation sites (tertiary alicyclic amines) is 1. The third-order valence-electron chi connectivity index (χ3n) is 3.43. The molecule has 0 spiro atoms. The van der Waals surface area contributed by atoms with Crippen LogP contribution in [0.25, 0.3) is 0 Å². The Morgan fingerprint density at radius 1 is 1.33 bits per heavy atom. The van der Waals surface area contributed by atoms with Gasteiger partial charge in [0.05, 0.1) is 6.54 Å². The highest BCUT2D eigenvalue weighted by atomic mass is 16.5. The fraction of sp³-hybridized carbons (Fsp3) is 0.467. The zero-order valence-electron chi connectivity index (χ0n) is 11.8. The van der Waals surface area contributed by atoms with Crippen LogP contribution in [0.4, 0.5) is 4.79 Å². The molecule has 1 aromatic carbocycles. The van der Waals surface area contributed by atoms with Crippen LogP contribution in [0.1, 0.15) is 12.8 Å². The van der Waals surface area contributed by atoms with E-state index in [2.05, 4.69) is 5.32 Å². The monoisotopic (exact) mass is 292 g/mol. The van der Waals surface area contributed by atoms with Crippen molar-refractivity contribution in [2.45, 2.75) is 12.8 Å². The fourth-order valence-corrected chi connectivity index (χ4v) is 2.39. The minimum Gasteiger partial charge on any atom is -0.492 e. The molecule has 1 heterocycles. The maximum atomic E-state index is 11.9. The van der Waals surface area contributed by atoms with Gasteiger partial charge in [-0.2, -0.15) is 0 Å². The number of nitrogens with one attached hydrogen (secondary N) is 1. The van der Waals surface area contributed by atoms with E-state index in [0.717, 1.165) is 12.2 Å². The Labute approximate surface area is 123 Å². The number of nitrogens with zero attached hydrogens (tertiary/aromatic N) is 1. The molecule has 1 saturated heterocycles. The van der Waals surface area contributed by atoms with Crippen LogP contribution >= 0.6 is 0 Å². The molecule has 114 valence electrons. The normalized spacial score (nSPS) is 17.5. The van der Waals surface area contributed by atoms with E-state index in [9.17, 15) is 9.59 Å². The molecule has 0 aromatic heterocycles. The van der Waals surface area contributed by atoms with E-state index in [1.165, 1.54) is 0 Å². The van der Waals surface area contributed by atoms with Gasteiger partial charge in [-0.05, 0) is 24.5 Å².